The monoisotopic (exact) mass is 406 g/mol. The van der Waals surface area contributed by atoms with Crippen molar-refractivity contribution in [2.24, 2.45) is 0 Å². The number of para-hydroxylation sites is 1. The van der Waals surface area contributed by atoms with Gasteiger partial charge in [0.2, 0.25) is 0 Å². The average Bonchev–Trinajstić information content (AvgIpc) is 2.75. The van der Waals surface area contributed by atoms with Crippen molar-refractivity contribution in [2.75, 3.05) is 16.8 Å². The first-order valence-corrected chi connectivity index (χ1v) is 10.2. The number of hydrogen-bond acceptors (Lipinski definition) is 3. The molecule has 4 nitrogen and oxygen atoms in total. The maximum atomic E-state index is 13.4. The number of nitrogens with one attached hydrogen (secondary N) is 1. The van der Waals surface area contributed by atoms with E-state index in [2.05, 4.69) is 12.2 Å². The molecule has 0 aliphatic carbocycles. The molecular weight excluding hydrogens is 384 g/mol. The summed E-state index contributed by atoms with van der Waals surface area (Å²) in [4.78, 5) is 15.1. The summed E-state index contributed by atoms with van der Waals surface area (Å²) in [6.07, 6.45) is 1.80. The predicted molar refractivity (Wildman–Crippen MR) is 118 cm³/mol. The highest BCUT2D eigenvalue weighted by atomic mass is 35.5. The summed E-state index contributed by atoms with van der Waals surface area (Å²) in [6, 6.07) is 22.8. The summed E-state index contributed by atoms with van der Waals surface area (Å²) < 4.78 is 5.78. The van der Waals surface area contributed by atoms with Gasteiger partial charge in [0.15, 0.2) is 0 Å². The number of halogens is 1. The molecule has 1 aliphatic rings. The van der Waals surface area contributed by atoms with Crippen molar-refractivity contribution >= 4 is 28.9 Å². The van der Waals surface area contributed by atoms with Crippen LogP contribution in [-0.2, 0) is 0 Å². The van der Waals surface area contributed by atoms with E-state index >= 15 is 0 Å². The first-order valence-electron chi connectivity index (χ1n) is 9.85. The second-order valence-electron chi connectivity index (χ2n) is 7.02. The lowest BCUT2D eigenvalue weighted by Gasteiger charge is -2.38. The molecule has 5 heteroatoms. The van der Waals surface area contributed by atoms with Crippen molar-refractivity contribution in [3.05, 3.63) is 88.9 Å². The maximum absolute atomic E-state index is 13.4. The Labute approximate surface area is 176 Å². The van der Waals surface area contributed by atoms with Crippen molar-refractivity contribution in [3.63, 3.8) is 0 Å². The van der Waals surface area contributed by atoms with Gasteiger partial charge in [0.1, 0.15) is 11.9 Å². The highest BCUT2D eigenvalue weighted by Crippen LogP contribution is 2.37. The third-order valence-electron chi connectivity index (χ3n) is 4.99. The van der Waals surface area contributed by atoms with Crippen LogP contribution in [0.1, 0.15) is 41.9 Å². The van der Waals surface area contributed by atoms with E-state index in [-0.39, 0.29) is 12.1 Å². The molecular formula is C24H23ClN2O2. The molecule has 3 aromatic rings. The fourth-order valence-corrected chi connectivity index (χ4v) is 3.56. The van der Waals surface area contributed by atoms with Crippen molar-refractivity contribution < 1.29 is 9.53 Å². The molecule has 1 heterocycles. The number of nitrogens with zero attached hydrogens (tertiary/aromatic N) is 1. The molecule has 148 valence electrons. The molecule has 0 aromatic heterocycles. The second kappa shape index (κ2) is 8.58. The predicted octanol–water partition coefficient (Wildman–Crippen LogP) is 6.29. The highest BCUT2D eigenvalue weighted by Gasteiger charge is 2.33. The van der Waals surface area contributed by atoms with E-state index in [9.17, 15) is 4.79 Å². The number of rotatable bonds is 6. The van der Waals surface area contributed by atoms with Crippen LogP contribution < -0.4 is 15.0 Å². The van der Waals surface area contributed by atoms with Gasteiger partial charge in [-0.2, -0.15) is 0 Å². The minimum Gasteiger partial charge on any atom is -0.494 e. The summed E-state index contributed by atoms with van der Waals surface area (Å²) in [5.41, 5.74) is 3.24. The van der Waals surface area contributed by atoms with Gasteiger partial charge in [0.05, 0.1) is 12.2 Å². The summed E-state index contributed by atoms with van der Waals surface area (Å²) in [5, 5.41) is 4.15. The number of benzene rings is 3. The number of carbonyl (C=O) groups is 1. The van der Waals surface area contributed by atoms with Gasteiger partial charge in [-0.1, -0.05) is 49.2 Å². The van der Waals surface area contributed by atoms with Gasteiger partial charge in [0, 0.05) is 16.4 Å². The fourth-order valence-electron chi connectivity index (χ4n) is 3.44. The molecule has 3 aromatic carbocycles. The Balaban J connectivity index is 1.69. The van der Waals surface area contributed by atoms with Crippen LogP contribution in [0.4, 0.5) is 11.4 Å². The van der Waals surface area contributed by atoms with Crippen LogP contribution >= 0.6 is 11.6 Å². The van der Waals surface area contributed by atoms with Gasteiger partial charge in [-0.25, -0.2) is 0 Å². The maximum Gasteiger partial charge on any atom is 0.262 e. The molecule has 1 atom stereocenters. The summed E-state index contributed by atoms with van der Waals surface area (Å²) >= 11 is 6.06. The molecule has 0 bridgehead atoms. The van der Waals surface area contributed by atoms with Crippen LogP contribution in [0.5, 0.6) is 5.75 Å². The quantitative estimate of drug-likeness (QED) is 0.489. The van der Waals surface area contributed by atoms with Crippen molar-refractivity contribution in [3.8, 4) is 5.75 Å². The van der Waals surface area contributed by atoms with E-state index in [1.54, 1.807) is 17.0 Å². The molecule has 4 rings (SSSR count). The van der Waals surface area contributed by atoms with E-state index in [1.807, 2.05) is 60.7 Å². The largest absolute Gasteiger partial charge is 0.494 e. The van der Waals surface area contributed by atoms with E-state index in [4.69, 9.17) is 16.3 Å². The van der Waals surface area contributed by atoms with Crippen LogP contribution in [0.25, 0.3) is 0 Å². The molecule has 0 saturated heterocycles. The summed E-state index contributed by atoms with van der Waals surface area (Å²) in [5.74, 6) is 0.790. The molecule has 0 fully saturated rings. The Morgan fingerprint density at radius 3 is 2.45 bits per heavy atom. The lowest BCUT2D eigenvalue weighted by atomic mass is 10.0. The fraction of sp³-hybridized carbons (Fsp3) is 0.208. The summed E-state index contributed by atoms with van der Waals surface area (Å²) in [7, 11) is 0. The van der Waals surface area contributed by atoms with E-state index < -0.39 is 0 Å². The second-order valence-corrected chi connectivity index (χ2v) is 7.45. The number of ether oxygens (including phenoxy) is 1. The number of anilines is 2. The first-order chi connectivity index (χ1) is 14.2. The van der Waals surface area contributed by atoms with E-state index in [0.29, 0.717) is 17.2 Å². The van der Waals surface area contributed by atoms with Gasteiger partial charge in [-0.3, -0.25) is 9.69 Å². The van der Waals surface area contributed by atoms with Gasteiger partial charge >= 0.3 is 0 Å². The molecule has 0 saturated carbocycles. The summed E-state index contributed by atoms with van der Waals surface area (Å²) in [6.45, 7) is 2.85. The van der Waals surface area contributed by atoms with E-state index in [1.165, 1.54) is 0 Å². The Hall–Kier alpha value is -2.98. The Morgan fingerprint density at radius 1 is 1.00 bits per heavy atom. The lowest BCUT2D eigenvalue weighted by Crippen LogP contribution is -2.43. The van der Waals surface area contributed by atoms with Crippen LogP contribution in [0.2, 0.25) is 5.02 Å². The van der Waals surface area contributed by atoms with Crippen LogP contribution in [0.3, 0.4) is 0 Å². The van der Waals surface area contributed by atoms with Gasteiger partial charge in [-0.15, -0.1) is 0 Å². The molecule has 1 amide bonds. The van der Waals surface area contributed by atoms with Crippen LogP contribution in [-0.4, -0.2) is 12.5 Å². The van der Waals surface area contributed by atoms with Crippen molar-refractivity contribution in [1.82, 2.24) is 0 Å². The molecule has 29 heavy (non-hydrogen) atoms. The normalized spacial score (nSPS) is 15.6. The zero-order chi connectivity index (χ0) is 20.2. The van der Waals surface area contributed by atoms with Crippen molar-refractivity contribution in [1.29, 1.82) is 0 Å². The number of hydrogen-bond donors (Lipinski definition) is 1. The topological polar surface area (TPSA) is 41.6 Å². The standard InChI is InChI=1S/C24H23ClN2O2/c1-2-3-16-29-20-14-8-17(9-15-20)23-26-22-7-5-4-6-21(22)24(28)27(23)19-12-10-18(25)11-13-19/h4-15,23,26H,2-3,16H2,1H3/t23-/m1/s1. The average molecular weight is 407 g/mol. The first kappa shape index (κ1) is 19.3. The zero-order valence-corrected chi connectivity index (χ0v) is 17.0. The van der Waals surface area contributed by atoms with Crippen LogP contribution in [0.15, 0.2) is 72.8 Å². The molecule has 0 unspecified atom stereocenters. The Morgan fingerprint density at radius 2 is 1.72 bits per heavy atom. The Kier molecular flexibility index (Phi) is 5.72. The molecule has 0 spiro atoms. The van der Waals surface area contributed by atoms with Crippen LogP contribution in [0, 0.1) is 0 Å². The lowest BCUT2D eigenvalue weighted by molar-refractivity contribution is 0.0975. The molecule has 0 radical (unpaired) electrons. The highest BCUT2D eigenvalue weighted by molar-refractivity contribution is 6.30. The number of carbonyl (C=O) groups excluding carboxylic acids is 1. The number of amides is 1. The third kappa shape index (κ3) is 4.08. The molecule has 1 aliphatic heterocycles. The number of unbranched alkanes of at least 4 members (excludes halogenated alkanes) is 1. The smallest absolute Gasteiger partial charge is 0.262 e. The van der Waals surface area contributed by atoms with Gasteiger partial charge in [-0.05, 0) is 60.5 Å². The number of fused-ring (bicyclic) bond motifs is 1. The van der Waals surface area contributed by atoms with Crippen molar-refractivity contribution in [2.45, 2.75) is 25.9 Å². The Bertz CT molecular complexity index is 987. The van der Waals surface area contributed by atoms with E-state index in [0.717, 1.165) is 35.5 Å². The minimum atomic E-state index is -0.330. The minimum absolute atomic E-state index is 0.0463. The van der Waals surface area contributed by atoms with Gasteiger partial charge < -0.3 is 10.1 Å². The van der Waals surface area contributed by atoms with Gasteiger partial charge in [0.25, 0.3) is 5.91 Å². The zero-order valence-electron chi connectivity index (χ0n) is 16.3. The SMILES string of the molecule is CCCCOc1ccc([C@@H]2Nc3ccccc3C(=O)N2c2ccc(Cl)cc2)cc1. The molecule has 1 N–H and O–H groups in total. The third-order valence-corrected chi connectivity index (χ3v) is 5.25.